The molecule has 1 heterocycles. The number of hydrogen-bond acceptors (Lipinski definition) is 1. The minimum absolute atomic E-state index is 0.653. The average Bonchev–Trinajstić information content (AvgIpc) is 2.78. The van der Waals surface area contributed by atoms with Crippen LogP contribution in [0.15, 0.2) is 36.4 Å². The first kappa shape index (κ1) is 11.6. The SMILES string of the molecule is Cc1cc(-c2nc3c(Cl)cccc3[nH]2)ccc1Cl. The summed E-state index contributed by atoms with van der Waals surface area (Å²) in [6.45, 7) is 1.97. The van der Waals surface area contributed by atoms with Crippen molar-refractivity contribution in [3.8, 4) is 11.4 Å². The van der Waals surface area contributed by atoms with E-state index in [1.165, 1.54) is 0 Å². The van der Waals surface area contributed by atoms with Gasteiger partial charge in [-0.3, -0.25) is 0 Å². The third-order valence-electron chi connectivity index (χ3n) is 2.89. The van der Waals surface area contributed by atoms with E-state index in [1.54, 1.807) is 0 Å². The highest BCUT2D eigenvalue weighted by atomic mass is 35.5. The second-order valence-corrected chi connectivity index (χ2v) is 5.00. The second kappa shape index (κ2) is 4.30. The molecule has 0 bridgehead atoms. The van der Waals surface area contributed by atoms with Gasteiger partial charge < -0.3 is 4.98 Å². The zero-order chi connectivity index (χ0) is 12.7. The second-order valence-electron chi connectivity index (χ2n) is 4.19. The van der Waals surface area contributed by atoms with E-state index in [-0.39, 0.29) is 0 Å². The number of imidazole rings is 1. The number of benzene rings is 2. The predicted molar refractivity (Wildman–Crippen MR) is 76.3 cm³/mol. The third kappa shape index (κ3) is 1.88. The van der Waals surface area contributed by atoms with Crippen LogP contribution in [0.1, 0.15) is 5.56 Å². The van der Waals surface area contributed by atoms with Gasteiger partial charge in [-0.25, -0.2) is 4.98 Å². The number of fused-ring (bicyclic) bond motifs is 1. The van der Waals surface area contributed by atoms with Gasteiger partial charge in [-0.2, -0.15) is 0 Å². The summed E-state index contributed by atoms with van der Waals surface area (Å²) in [5, 5.41) is 1.41. The van der Waals surface area contributed by atoms with E-state index in [1.807, 2.05) is 43.3 Å². The summed E-state index contributed by atoms with van der Waals surface area (Å²) in [5.41, 5.74) is 3.76. The molecular formula is C14H10Cl2N2. The Labute approximate surface area is 115 Å². The van der Waals surface area contributed by atoms with Crippen LogP contribution in [0.3, 0.4) is 0 Å². The van der Waals surface area contributed by atoms with Crippen LogP contribution in [0.4, 0.5) is 0 Å². The molecule has 90 valence electrons. The fourth-order valence-corrected chi connectivity index (χ4v) is 2.26. The van der Waals surface area contributed by atoms with Crippen molar-refractivity contribution in [2.24, 2.45) is 0 Å². The molecule has 0 aliphatic rings. The van der Waals surface area contributed by atoms with E-state index in [0.717, 1.165) is 33.0 Å². The van der Waals surface area contributed by atoms with E-state index in [2.05, 4.69) is 9.97 Å². The Morgan fingerprint density at radius 1 is 1.06 bits per heavy atom. The van der Waals surface area contributed by atoms with Crippen LogP contribution in [-0.4, -0.2) is 9.97 Å². The number of H-pyrrole nitrogens is 1. The van der Waals surface area contributed by atoms with Gasteiger partial charge in [0.1, 0.15) is 11.3 Å². The molecule has 0 amide bonds. The fourth-order valence-electron chi connectivity index (χ4n) is 1.93. The number of nitrogens with zero attached hydrogens (tertiary/aromatic N) is 1. The maximum absolute atomic E-state index is 6.11. The number of rotatable bonds is 1. The van der Waals surface area contributed by atoms with Crippen LogP contribution in [0.5, 0.6) is 0 Å². The lowest BCUT2D eigenvalue weighted by Gasteiger charge is -2.00. The number of aromatic nitrogens is 2. The molecule has 0 unspecified atom stereocenters. The Morgan fingerprint density at radius 2 is 1.89 bits per heavy atom. The molecule has 2 aromatic carbocycles. The van der Waals surface area contributed by atoms with Gasteiger partial charge in [0, 0.05) is 10.6 Å². The van der Waals surface area contributed by atoms with Gasteiger partial charge in [0.2, 0.25) is 0 Å². The maximum atomic E-state index is 6.11. The van der Waals surface area contributed by atoms with Gasteiger partial charge in [-0.05, 0) is 42.8 Å². The molecular weight excluding hydrogens is 267 g/mol. The zero-order valence-electron chi connectivity index (χ0n) is 9.67. The number of halogens is 2. The maximum Gasteiger partial charge on any atom is 0.138 e. The molecule has 0 fully saturated rings. The van der Waals surface area contributed by atoms with Gasteiger partial charge in [0.05, 0.1) is 10.5 Å². The van der Waals surface area contributed by atoms with Crippen LogP contribution in [0.2, 0.25) is 10.0 Å². The summed E-state index contributed by atoms with van der Waals surface area (Å²) in [4.78, 5) is 7.78. The summed E-state index contributed by atoms with van der Waals surface area (Å²) in [6.07, 6.45) is 0. The lowest BCUT2D eigenvalue weighted by Crippen LogP contribution is -1.82. The quantitative estimate of drug-likeness (QED) is 0.677. The number of para-hydroxylation sites is 1. The monoisotopic (exact) mass is 276 g/mol. The Hall–Kier alpha value is -1.51. The van der Waals surface area contributed by atoms with Crippen molar-refractivity contribution >= 4 is 34.2 Å². The molecule has 3 aromatic rings. The van der Waals surface area contributed by atoms with E-state index in [4.69, 9.17) is 23.2 Å². The standard InChI is InChI=1S/C14H10Cl2N2/c1-8-7-9(5-6-10(8)15)14-17-12-4-2-3-11(16)13(12)18-14/h2-7H,1H3,(H,17,18). The van der Waals surface area contributed by atoms with Crippen LogP contribution in [0.25, 0.3) is 22.4 Å². The molecule has 1 aromatic heterocycles. The van der Waals surface area contributed by atoms with Gasteiger partial charge >= 0.3 is 0 Å². The number of hydrogen-bond donors (Lipinski definition) is 1. The molecule has 0 saturated heterocycles. The summed E-state index contributed by atoms with van der Waals surface area (Å²) in [6, 6.07) is 11.5. The van der Waals surface area contributed by atoms with Gasteiger partial charge in [0.15, 0.2) is 0 Å². The molecule has 0 spiro atoms. The van der Waals surface area contributed by atoms with Crippen LogP contribution in [-0.2, 0) is 0 Å². The van der Waals surface area contributed by atoms with E-state index >= 15 is 0 Å². The Kier molecular flexibility index (Phi) is 2.77. The highest BCUT2D eigenvalue weighted by Crippen LogP contribution is 2.27. The normalized spacial score (nSPS) is 11.1. The first-order chi connectivity index (χ1) is 8.65. The highest BCUT2D eigenvalue weighted by Gasteiger charge is 2.08. The van der Waals surface area contributed by atoms with Crippen molar-refractivity contribution in [2.75, 3.05) is 0 Å². The Bertz CT molecular complexity index is 732. The lowest BCUT2D eigenvalue weighted by molar-refractivity contribution is 1.32. The largest absolute Gasteiger partial charge is 0.338 e. The van der Waals surface area contributed by atoms with Gasteiger partial charge in [-0.15, -0.1) is 0 Å². The first-order valence-corrected chi connectivity index (χ1v) is 6.31. The molecule has 2 nitrogen and oxygen atoms in total. The summed E-state index contributed by atoms with van der Waals surface area (Å²) >= 11 is 12.1. The van der Waals surface area contributed by atoms with Crippen molar-refractivity contribution < 1.29 is 0 Å². The topological polar surface area (TPSA) is 28.7 Å². The van der Waals surface area contributed by atoms with Crippen molar-refractivity contribution in [1.82, 2.24) is 9.97 Å². The number of aryl methyl sites for hydroxylation is 1. The first-order valence-electron chi connectivity index (χ1n) is 5.56. The minimum Gasteiger partial charge on any atom is -0.338 e. The highest BCUT2D eigenvalue weighted by molar-refractivity contribution is 6.35. The molecule has 4 heteroatoms. The van der Waals surface area contributed by atoms with Gasteiger partial charge in [0.25, 0.3) is 0 Å². The van der Waals surface area contributed by atoms with Crippen LogP contribution < -0.4 is 0 Å². The summed E-state index contributed by atoms with van der Waals surface area (Å²) in [5.74, 6) is 0.804. The minimum atomic E-state index is 0.653. The van der Waals surface area contributed by atoms with Gasteiger partial charge in [-0.1, -0.05) is 29.3 Å². The summed E-state index contributed by atoms with van der Waals surface area (Å²) < 4.78 is 0. The molecule has 0 aliphatic heterocycles. The van der Waals surface area contributed by atoms with Crippen molar-refractivity contribution in [1.29, 1.82) is 0 Å². The van der Waals surface area contributed by atoms with E-state index < -0.39 is 0 Å². The average molecular weight is 277 g/mol. The molecule has 1 N–H and O–H groups in total. The number of aromatic amines is 1. The zero-order valence-corrected chi connectivity index (χ0v) is 11.2. The fraction of sp³-hybridized carbons (Fsp3) is 0.0714. The molecule has 0 aliphatic carbocycles. The van der Waals surface area contributed by atoms with E-state index in [9.17, 15) is 0 Å². The molecule has 0 radical (unpaired) electrons. The van der Waals surface area contributed by atoms with E-state index in [0.29, 0.717) is 5.02 Å². The smallest absolute Gasteiger partial charge is 0.138 e. The van der Waals surface area contributed by atoms with Crippen LogP contribution >= 0.6 is 23.2 Å². The predicted octanol–water partition coefficient (Wildman–Crippen LogP) is 4.85. The summed E-state index contributed by atoms with van der Waals surface area (Å²) in [7, 11) is 0. The molecule has 18 heavy (non-hydrogen) atoms. The molecule has 0 saturated carbocycles. The molecule has 3 rings (SSSR count). The Morgan fingerprint density at radius 3 is 2.61 bits per heavy atom. The third-order valence-corrected chi connectivity index (χ3v) is 3.62. The Balaban J connectivity index is 2.19. The van der Waals surface area contributed by atoms with Crippen molar-refractivity contribution in [2.45, 2.75) is 6.92 Å². The molecule has 0 atom stereocenters. The van der Waals surface area contributed by atoms with Crippen molar-refractivity contribution in [3.05, 3.63) is 52.0 Å². The lowest BCUT2D eigenvalue weighted by atomic mass is 10.1. The van der Waals surface area contributed by atoms with Crippen LogP contribution in [0, 0.1) is 6.92 Å². The van der Waals surface area contributed by atoms with Crippen molar-refractivity contribution in [3.63, 3.8) is 0 Å². The number of nitrogens with one attached hydrogen (secondary N) is 1.